The van der Waals surface area contributed by atoms with Crippen molar-refractivity contribution in [3.05, 3.63) is 46.6 Å². The highest BCUT2D eigenvalue weighted by Crippen LogP contribution is 2.45. The van der Waals surface area contributed by atoms with E-state index in [0.29, 0.717) is 12.2 Å². The molecule has 132 valence electrons. The van der Waals surface area contributed by atoms with E-state index >= 15 is 0 Å². The van der Waals surface area contributed by atoms with Crippen LogP contribution in [0.4, 0.5) is 0 Å². The van der Waals surface area contributed by atoms with E-state index in [1.54, 1.807) is 39.0 Å². The van der Waals surface area contributed by atoms with Gasteiger partial charge in [-0.05, 0) is 26.8 Å². The lowest BCUT2D eigenvalue weighted by Crippen LogP contribution is -2.25. The Bertz CT molecular complexity index is 789. The summed E-state index contributed by atoms with van der Waals surface area (Å²) in [6.07, 6.45) is 0. The van der Waals surface area contributed by atoms with Gasteiger partial charge in [0.2, 0.25) is 5.88 Å². The smallest absolute Gasteiger partial charge is 0.338 e. The summed E-state index contributed by atoms with van der Waals surface area (Å²) in [5.41, 5.74) is 6.29. The van der Waals surface area contributed by atoms with E-state index in [0.717, 1.165) is 0 Å². The number of allylic oxidation sites excluding steroid dienone is 2. The van der Waals surface area contributed by atoms with Crippen LogP contribution >= 0.6 is 0 Å². The number of ether oxygens (including phenoxy) is 3. The van der Waals surface area contributed by atoms with Crippen LogP contribution in [0, 0.1) is 11.3 Å². The molecule has 0 amide bonds. The van der Waals surface area contributed by atoms with Crippen LogP contribution in [0.5, 0.6) is 11.5 Å². The minimum absolute atomic E-state index is 0.0256. The number of nitrogens with two attached hydrogens (primary N) is 1. The number of nitriles is 1. The zero-order valence-electron chi connectivity index (χ0n) is 14.3. The normalized spacial score (nSPS) is 17.0. The molecule has 1 heterocycles. The van der Waals surface area contributed by atoms with Gasteiger partial charge < -0.3 is 25.1 Å². The number of carbonyl (C=O) groups excluding carboxylic acids is 1. The molecule has 0 radical (unpaired) electrons. The molecule has 1 atom stereocenters. The maximum atomic E-state index is 12.4. The monoisotopic (exact) mass is 344 g/mol. The molecular formula is C18H20N2O5. The maximum Gasteiger partial charge on any atom is 0.338 e. The summed E-state index contributed by atoms with van der Waals surface area (Å²) in [5.74, 6) is -1.33. The first-order valence-corrected chi connectivity index (χ1v) is 7.86. The van der Waals surface area contributed by atoms with Crippen molar-refractivity contribution in [2.45, 2.75) is 26.7 Å². The molecule has 1 aromatic carbocycles. The van der Waals surface area contributed by atoms with Crippen LogP contribution in [0.1, 0.15) is 32.3 Å². The van der Waals surface area contributed by atoms with Gasteiger partial charge in [0.15, 0.2) is 11.5 Å². The fourth-order valence-corrected chi connectivity index (χ4v) is 2.71. The first kappa shape index (κ1) is 18.2. The van der Waals surface area contributed by atoms with Gasteiger partial charge in [-0.2, -0.15) is 5.26 Å². The molecular weight excluding hydrogens is 324 g/mol. The molecule has 0 aromatic heterocycles. The number of hydrogen-bond donors (Lipinski definition) is 2. The number of esters is 1. The molecule has 25 heavy (non-hydrogen) atoms. The molecule has 1 aromatic rings. The van der Waals surface area contributed by atoms with Crippen molar-refractivity contribution >= 4 is 5.97 Å². The van der Waals surface area contributed by atoms with Crippen molar-refractivity contribution in [1.29, 1.82) is 5.26 Å². The van der Waals surface area contributed by atoms with E-state index in [2.05, 4.69) is 0 Å². The van der Waals surface area contributed by atoms with Crippen molar-refractivity contribution < 1.29 is 24.1 Å². The Kier molecular flexibility index (Phi) is 5.55. The van der Waals surface area contributed by atoms with Gasteiger partial charge >= 0.3 is 5.97 Å². The van der Waals surface area contributed by atoms with Gasteiger partial charge in [0.25, 0.3) is 0 Å². The van der Waals surface area contributed by atoms with E-state index in [1.807, 2.05) is 6.07 Å². The van der Waals surface area contributed by atoms with Crippen LogP contribution in [0.3, 0.4) is 0 Å². The fourth-order valence-electron chi connectivity index (χ4n) is 2.71. The van der Waals surface area contributed by atoms with Gasteiger partial charge in [-0.1, -0.05) is 12.1 Å². The molecule has 1 aliphatic heterocycles. The van der Waals surface area contributed by atoms with E-state index in [4.69, 9.17) is 19.9 Å². The predicted octanol–water partition coefficient (Wildman–Crippen LogP) is 2.44. The number of carbonyl (C=O) groups is 1. The number of rotatable bonds is 5. The molecule has 7 nitrogen and oxygen atoms in total. The zero-order valence-corrected chi connectivity index (χ0v) is 14.3. The molecule has 2 rings (SSSR count). The molecule has 1 aliphatic rings. The average molecular weight is 344 g/mol. The quantitative estimate of drug-likeness (QED) is 0.788. The second kappa shape index (κ2) is 7.62. The largest absolute Gasteiger partial charge is 0.504 e. The topological polar surface area (TPSA) is 115 Å². The highest BCUT2D eigenvalue weighted by Gasteiger charge is 2.38. The number of para-hydroxylation sites is 1. The summed E-state index contributed by atoms with van der Waals surface area (Å²) in [6.45, 7) is 5.54. The summed E-state index contributed by atoms with van der Waals surface area (Å²) in [4.78, 5) is 12.4. The number of nitrogens with zero attached hydrogens (tertiary/aromatic N) is 1. The lowest BCUT2D eigenvalue weighted by molar-refractivity contribution is -0.139. The molecule has 0 saturated carbocycles. The molecule has 0 bridgehead atoms. The Morgan fingerprint density at radius 2 is 2.12 bits per heavy atom. The van der Waals surface area contributed by atoms with Crippen molar-refractivity contribution in [2.75, 3.05) is 13.2 Å². The van der Waals surface area contributed by atoms with Crippen molar-refractivity contribution in [2.24, 2.45) is 5.73 Å². The minimum Gasteiger partial charge on any atom is -0.504 e. The van der Waals surface area contributed by atoms with Crippen LogP contribution in [0.25, 0.3) is 0 Å². The van der Waals surface area contributed by atoms with Gasteiger partial charge in [-0.15, -0.1) is 0 Å². The predicted molar refractivity (Wildman–Crippen MR) is 89.3 cm³/mol. The summed E-state index contributed by atoms with van der Waals surface area (Å²) in [7, 11) is 0. The Labute approximate surface area is 145 Å². The summed E-state index contributed by atoms with van der Waals surface area (Å²) in [6, 6.07) is 6.83. The Morgan fingerprint density at radius 3 is 2.72 bits per heavy atom. The second-order valence-electron chi connectivity index (χ2n) is 5.24. The van der Waals surface area contributed by atoms with Gasteiger partial charge in [-0.25, -0.2) is 4.79 Å². The van der Waals surface area contributed by atoms with Gasteiger partial charge in [-0.3, -0.25) is 0 Å². The highest BCUT2D eigenvalue weighted by atomic mass is 16.5. The lowest BCUT2D eigenvalue weighted by atomic mass is 9.82. The van der Waals surface area contributed by atoms with Crippen LogP contribution in [-0.2, 0) is 14.3 Å². The van der Waals surface area contributed by atoms with E-state index in [1.165, 1.54) is 0 Å². The van der Waals surface area contributed by atoms with Gasteiger partial charge in [0.1, 0.15) is 17.4 Å². The van der Waals surface area contributed by atoms with Gasteiger partial charge in [0.05, 0.1) is 24.7 Å². The third kappa shape index (κ3) is 3.38. The number of phenols is 1. The zero-order chi connectivity index (χ0) is 18.6. The lowest BCUT2D eigenvalue weighted by Gasteiger charge is -2.27. The first-order chi connectivity index (χ1) is 12.0. The third-order valence-corrected chi connectivity index (χ3v) is 3.74. The third-order valence-electron chi connectivity index (χ3n) is 3.74. The number of hydrogen-bond acceptors (Lipinski definition) is 7. The van der Waals surface area contributed by atoms with E-state index < -0.39 is 11.9 Å². The molecule has 0 saturated heterocycles. The fraction of sp³-hybridized carbons (Fsp3) is 0.333. The number of benzene rings is 1. The summed E-state index contributed by atoms with van der Waals surface area (Å²) >= 11 is 0. The molecule has 0 spiro atoms. The maximum absolute atomic E-state index is 12.4. The highest BCUT2D eigenvalue weighted by molar-refractivity contribution is 5.93. The SMILES string of the molecule is CCOC(=O)C1=C(C)OC(N)=C(C#N)C1c1cccc(OCC)c1O. The molecule has 0 aliphatic carbocycles. The van der Waals surface area contributed by atoms with Crippen molar-refractivity contribution in [1.82, 2.24) is 0 Å². The molecule has 7 heteroatoms. The van der Waals surface area contributed by atoms with Crippen molar-refractivity contribution in [3.63, 3.8) is 0 Å². The summed E-state index contributed by atoms with van der Waals surface area (Å²) in [5, 5.41) is 20.1. The van der Waals surface area contributed by atoms with E-state index in [9.17, 15) is 15.2 Å². The number of aromatic hydroxyl groups is 1. The number of phenolic OH excluding ortho intramolecular Hbond substituents is 1. The van der Waals surface area contributed by atoms with Crippen molar-refractivity contribution in [3.8, 4) is 17.6 Å². The Hall–Kier alpha value is -3.14. The van der Waals surface area contributed by atoms with Crippen LogP contribution in [0.15, 0.2) is 41.0 Å². The van der Waals surface area contributed by atoms with Crippen LogP contribution < -0.4 is 10.5 Å². The van der Waals surface area contributed by atoms with Crippen LogP contribution in [-0.4, -0.2) is 24.3 Å². The summed E-state index contributed by atoms with van der Waals surface area (Å²) < 4.78 is 15.8. The second-order valence-corrected chi connectivity index (χ2v) is 5.24. The molecule has 1 unspecified atom stereocenters. The Morgan fingerprint density at radius 1 is 1.40 bits per heavy atom. The first-order valence-electron chi connectivity index (χ1n) is 7.86. The van der Waals surface area contributed by atoms with Gasteiger partial charge in [0, 0.05) is 5.56 Å². The molecule has 0 fully saturated rings. The standard InChI is InChI=1S/C18H20N2O5/c1-4-23-13-8-6-7-11(16(13)21)15-12(9-19)17(20)25-10(3)14(15)18(22)24-5-2/h6-8,15,21H,4-5,20H2,1-3H3. The van der Waals surface area contributed by atoms with Crippen LogP contribution in [0.2, 0.25) is 0 Å². The Balaban J connectivity index is 2.67. The molecule has 3 N–H and O–H groups in total. The average Bonchev–Trinajstić information content (AvgIpc) is 2.56. The van der Waals surface area contributed by atoms with E-state index in [-0.39, 0.29) is 40.9 Å². The minimum atomic E-state index is -0.904.